The number of hydrogen-bond acceptors (Lipinski definition) is 2. The summed E-state index contributed by atoms with van der Waals surface area (Å²) >= 11 is 1.88. The standard InChI is InChI=1S/C14H13F2IN2/c1-8(9-3-2-4-10(15)5-9)19-14-6-11(16)12(17)7-13(14)18/h2-8,19H,18H2,1H3. The highest BCUT2D eigenvalue weighted by Crippen LogP contribution is 2.27. The molecule has 1 unspecified atom stereocenters. The van der Waals surface area contributed by atoms with Crippen LogP contribution in [0.2, 0.25) is 0 Å². The Morgan fingerprint density at radius 3 is 2.63 bits per heavy atom. The smallest absolute Gasteiger partial charge is 0.138 e. The van der Waals surface area contributed by atoms with Crippen molar-refractivity contribution in [1.82, 2.24) is 0 Å². The highest BCUT2D eigenvalue weighted by molar-refractivity contribution is 14.1. The molecule has 2 aromatic rings. The monoisotopic (exact) mass is 374 g/mol. The topological polar surface area (TPSA) is 38.0 Å². The first kappa shape index (κ1) is 14.0. The van der Waals surface area contributed by atoms with Crippen molar-refractivity contribution in [2.24, 2.45) is 0 Å². The predicted octanol–water partition coefficient (Wildman–Crippen LogP) is 4.32. The molecule has 100 valence electrons. The van der Waals surface area contributed by atoms with Crippen molar-refractivity contribution < 1.29 is 8.78 Å². The van der Waals surface area contributed by atoms with E-state index < -0.39 is 0 Å². The van der Waals surface area contributed by atoms with Crippen LogP contribution in [0.15, 0.2) is 36.4 Å². The molecule has 0 aliphatic heterocycles. The van der Waals surface area contributed by atoms with Crippen molar-refractivity contribution in [3.63, 3.8) is 0 Å². The summed E-state index contributed by atoms with van der Waals surface area (Å²) in [6, 6.07) is 9.02. The van der Waals surface area contributed by atoms with Gasteiger partial charge in [-0.1, -0.05) is 12.1 Å². The van der Waals surface area contributed by atoms with Gasteiger partial charge in [0.2, 0.25) is 0 Å². The van der Waals surface area contributed by atoms with E-state index in [1.165, 1.54) is 18.2 Å². The van der Waals surface area contributed by atoms with Crippen LogP contribution in [0.1, 0.15) is 18.5 Å². The Labute approximate surface area is 124 Å². The summed E-state index contributed by atoms with van der Waals surface area (Å²) in [6.07, 6.45) is 0. The first-order chi connectivity index (χ1) is 8.97. The summed E-state index contributed by atoms with van der Waals surface area (Å²) in [6.45, 7) is 1.87. The summed E-state index contributed by atoms with van der Waals surface area (Å²) in [5, 5.41) is 3.09. The molecule has 0 saturated carbocycles. The first-order valence-electron chi connectivity index (χ1n) is 5.74. The number of halogens is 3. The predicted molar refractivity (Wildman–Crippen MR) is 82.0 cm³/mol. The molecule has 0 saturated heterocycles. The maximum atomic E-state index is 13.5. The second-order valence-corrected chi connectivity index (χ2v) is 5.44. The molecule has 0 heterocycles. The molecule has 2 nitrogen and oxygen atoms in total. The molecule has 0 aliphatic rings. The molecule has 0 aromatic heterocycles. The van der Waals surface area contributed by atoms with Gasteiger partial charge in [0.25, 0.3) is 0 Å². The van der Waals surface area contributed by atoms with Gasteiger partial charge in [0.05, 0.1) is 14.9 Å². The van der Waals surface area contributed by atoms with Gasteiger partial charge in [0.15, 0.2) is 0 Å². The zero-order chi connectivity index (χ0) is 14.0. The number of benzene rings is 2. The zero-order valence-corrected chi connectivity index (χ0v) is 12.4. The summed E-state index contributed by atoms with van der Waals surface area (Å²) < 4.78 is 27.1. The van der Waals surface area contributed by atoms with Crippen LogP contribution in [0.25, 0.3) is 0 Å². The molecule has 2 aromatic carbocycles. The van der Waals surface area contributed by atoms with Crippen LogP contribution in [0.5, 0.6) is 0 Å². The number of nitrogens with one attached hydrogen (secondary N) is 1. The lowest BCUT2D eigenvalue weighted by atomic mass is 10.1. The van der Waals surface area contributed by atoms with E-state index in [2.05, 4.69) is 5.32 Å². The Morgan fingerprint density at radius 2 is 1.95 bits per heavy atom. The van der Waals surface area contributed by atoms with Gasteiger partial charge in [-0.15, -0.1) is 0 Å². The van der Waals surface area contributed by atoms with Gasteiger partial charge in [0.1, 0.15) is 11.6 Å². The van der Waals surface area contributed by atoms with Gasteiger partial charge in [-0.05, 0) is 53.3 Å². The van der Waals surface area contributed by atoms with Crippen molar-refractivity contribution in [3.05, 3.63) is 57.2 Å². The number of nitrogen functional groups attached to an aromatic ring is 1. The molecule has 0 radical (unpaired) electrons. The second kappa shape index (κ2) is 5.73. The number of hydrogen-bond donors (Lipinski definition) is 2. The van der Waals surface area contributed by atoms with Crippen molar-refractivity contribution in [1.29, 1.82) is 0 Å². The van der Waals surface area contributed by atoms with E-state index in [0.717, 1.165) is 5.56 Å². The van der Waals surface area contributed by atoms with Gasteiger partial charge in [-0.3, -0.25) is 0 Å². The van der Waals surface area contributed by atoms with Crippen LogP contribution in [-0.4, -0.2) is 0 Å². The van der Waals surface area contributed by atoms with Crippen molar-refractivity contribution >= 4 is 34.0 Å². The van der Waals surface area contributed by atoms with E-state index >= 15 is 0 Å². The third-order valence-corrected chi connectivity index (χ3v) is 3.64. The quantitative estimate of drug-likeness (QED) is 0.620. The molecule has 0 aliphatic carbocycles. The fourth-order valence-electron chi connectivity index (χ4n) is 1.78. The van der Waals surface area contributed by atoms with Crippen LogP contribution < -0.4 is 11.1 Å². The maximum Gasteiger partial charge on any atom is 0.138 e. The third-order valence-electron chi connectivity index (χ3n) is 2.81. The SMILES string of the molecule is CC(Nc1cc(F)c(I)cc1N)c1cccc(F)c1. The maximum absolute atomic E-state index is 13.5. The van der Waals surface area contributed by atoms with Gasteiger partial charge in [-0.25, -0.2) is 8.78 Å². The Bertz CT molecular complexity index is 602. The van der Waals surface area contributed by atoms with E-state index in [1.54, 1.807) is 18.2 Å². The normalized spacial score (nSPS) is 12.2. The van der Waals surface area contributed by atoms with Crippen LogP contribution in [0, 0.1) is 15.2 Å². The van der Waals surface area contributed by atoms with Gasteiger partial charge in [0, 0.05) is 12.1 Å². The van der Waals surface area contributed by atoms with E-state index in [0.29, 0.717) is 14.9 Å². The Balaban J connectivity index is 2.24. The lowest BCUT2D eigenvalue weighted by Crippen LogP contribution is -2.09. The van der Waals surface area contributed by atoms with E-state index in [4.69, 9.17) is 5.73 Å². The minimum absolute atomic E-state index is 0.169. The Hall–Kier alpha value is -1.37. The van der Waals surface area contributed by atoms with Crippen LogP contribution in [0.3, 0.4) is 0 Å². The minimum Gasteiger partial charge on any atom is -0.397 e. The van der Waals surface area contributed by atoms with Crippen molar-refractivity contribution in [3.8, 4) is 0 Å². The molecule has 0 fully saturated rings. The molecule has 1 atom stereocenters. The fraction of sp³-hybridized carbons (Fsp3) is 0.143. The lowest BCUT2D eigenvalue weighted by molar-refractivity contribution is 0.619. The average Bonchev–Trinajstić information content (AvgIpc) is 2.36. The lowest BCUT2D eigenvalue weighted by Gasteiger charge is -2.17. The zero-order valence-electron chi connectivity index (χ0n) is 10.3. The van der Waals surface area contributed by atoms with E-state index in [1.807, 2.05) is 29.5 Å². The molecule has 19 heavy (non-hydrogen) atoms. The summed E-state index contributed by atoms with van der Waals surface area (Å²) in [5.41, 5.74) is 7.59. The molecule has 3 N–H and O–H groups in total. The first-order valence-corrected chi connectivity index (χ1v) is 6.82. The molecule has 5 heteroatoms. The fourth-order valence-corrected chi connectivity index (χ4v) is 2.27. The Kier molecular flexibility index (Phi) is 4.24. The molecule has 0 bridgehead atoms. The second-order valence-electron chi connectivity index (χ2n) is 4.27. The molecule has 0 spiro atoms. The van der Waals surface area contributed by atoms with Crippen LogP contribution >= 0.6 is 22.6 Å². The number of rotatable bonds is 3. The van der Waals surface area contributed by atoms with Crippen molar-refractivity contribution in [2.75, 3.05) is 11.1 Å². The summed E-state index contributed by atoms with van der Waals surface area (Å²) in [4.78, 5) is 0. The molecular weight excluding hydrogens is 361 g/mol. The summed E-state index contributed by atoms with van der Waals surface area (Å²) in [7, 11) is 0. The van der Waals surface area contributed by atoms with Gasteiger partial charge < -0.3 is 11.1 Å². The highest BCUT2D eigenvalue weighted by atomic mass is 127. The van der Waals surface area contributed by atoms with E-state index in [-0.39, 0.29) is 17.7 Å². The number of nitrogens with two attached hydrogens (primary N) is 1. The van der Waals surface area contributed by atoms with E-state index in [9.17, 15) is 8.78 Å². The Morgan fingerprint density at radius 1 is 1.21 bits per heavy atom. The minimum atomic E-state index is -0.330. The average molecular weight is 374 g/mol. The highest BCUT2D eigenvalue weighted by Gasteiger charge is 2.10. The molecule has 2 rings (SSSR count). The molecular formula is C14H13F2IN2. The van der Waals surface area contributed by atoms with Crippen molar-refractivity contribution in [2.45, 2.75) is 13.0 Å². The largest absolute Gasteiger partial charge is 0.397 e. The van der Waals surface area contributed by atoms with Crippen LogP contribution in [0.4, 0.5) is 20.2 Å². The summed E-state index contributed by atoms with van der Waals surface area (Å²) in [5.74, 6) is -0.628. The third kappa shape index (κ3) is 3.34. The van der Waals surface area contributed by atoms with Gasteiger partial charge in [-0.2, -0.15) is 0 Å². The van der Waals surface area contributed by atoms with Crippen LogP contribution in [-0.2, 0) is 0 Å². The number of anilines is 2. The molecule has 0 amide bonds. The van der Waals surface area contributed by atoms with Gasteiger partial charge >= 0.3 is 0 Å².